The zero-order chi connectivity index (χ0) is 23.7. The number of anilines is 1. The second kappa shape index (κ2) is 11.1. The molecule has 33 heavy (non-hydrogen) atoms. The quantitative estimate of drug-likeness (QED) is 0.281. The Kier molecular flexibility index (Phi) is 7.99. The van der Waals surface area contributed by atoms with Crippen LogP contribution in [0.15, 0.2) is 102 Å². The molecule has 0 aliphatic heterocycles. The molecule has 0 aliphatic rings. The maximum absolute atomic E-state index is 13.3. The van der Waals surface area contributed by atoms with Crippen molar-refractivity contribution in [2.45, 2.75) is 11.8 Å². The molecule has 3 aromatic rings. The summed E-state index contributed by atoms with van der Waals surface area (Å²) in [6, 6.07) is 22.1. The van der Waals surface area contributed by atoms with E-state index in [1.807, 2.05) is 6.92 Å². The molecule has 0 spiro atoms. The third-order valence-electron chi connectivity index (χ3n) is 4.57. The Bertz CT molecular complexity index is 1220. The van der Waals surface area contributed by atoms with Crippen molar-refractivity contribution in [3.05, 3.63) is 103 Å². The lowest BCUT2D eigenvalue weighted by atomic mass is 10.2. The van der Waals surface area contributed by atoms with Gasteiger partial charge in [0.15, 0.2) is 0 Å². The maximum Gasteiger partial charge on any atom is 0.264 e. The minimum Gasteiger partial charge on any atom is -0.490 e. The first kappa shape index (κ1) is 23.7. The largest absolute Gasteiger partial charge is 0.490 e. The van der Waals surface area contributed by atoms with Gasteiger partial charge in [-0.3, -0.25) is 9.10 Å². The van der Waals surface area contributed by atoms with E-state index in [1.54, 1.807) is 72.8 Å². The Balaban J connectivity index is 1.76. The van der Waals surface area contributed by atoms with E-state index < -0.39 is 22.5 Å². The zero-order valence-corrected chi connectivity index (χ0v) is 19.0. The molecule has 1 amide bonds. The van der Waals surface area contributed by atoms with Gasteiger partial charge in [-0.2, -0.15) is 5.10 Å². The number of nitrogens with one attached hydrogen (secondary N) is 1. The number of hydrogen-bond donors (Lipinski definition) is 1. The molecule has 0 saturated carbocycles. The van der Waals surface area contributed by atoms with Crippen LogP contribution in [0.25, 0.3) is 0 Å². The number of amides is 1. The fourth-order valence-electron chi connectivity index (χ4n) is 2.93. The van der Waals surface area contributed by atoms with Crippen LogP contribution >= 0.6 is 0 Å². The summed E-state index contributed by atoms with van der Waals surface area (Å²) in [7, 11) is -3.96. The number of carbonyl (C=O) groups is 1. The first-order chi connectivity index (χ1) is 15.9. The van der Waals surface area contributed by atoms with Crippen molar-refractivity contribution in [1.29, 1.82) is 0 Å². The standard InChI is InChI=1S/C25H25N3O4S/c1-3-16-32-23-9-7-8-21(17-23)18-26-27-25(29)19-28(22-14-12-20(2)13-15-22)33(30,31)24-10-5-4-6-11-24/h3-15,17-18H,1,16,19H2,2H3,(H,27,29)/b26-18+. The number of hydrazone groups is 1. The number of aryl methyl sites for hydroxylation is 1. The molecule has 8 heteroatoms. The summed E-state index contributed by atoms with van der Waals surface area (Å²) in [6.07, 6.45) is 3.10. The van der Waals surface area contributed by atoms with Gasteiger partial charge in [-0.05, 0) is 48.9 Å². The monoisotopic (exact) mass is 463 g/mol. The van der Waals surface area contributed by atoms with Crippen molar-refractivity contribution in [3.8, 4) is 5.75 Å². The molecule has 0 fully saturated rings. The van der Waals surface area contributed by atoms with Crippen molar-refractivity contribution in [1.82, 2.24) is 5.43 Å². The van der Waals surface area contributed by atoms with Crippen LogP contribution < -0.4 is 14.5 Å². The summed E-state index contributed by atoms with van der Waals surface area (Å²) in [5.41, 5.74) is 4.47. The van der Waals surface area contributed by atoms with Gasteiger partial charge in [-0.1, -0.05) is 60.7 Å². The highest BCUT2D eigenvalue weighted by atomic mass is 32.2. The molecule has 0 radical (unpaired) electrons. The van der Waals surface area contributed by atoms with Crippen LogP contribution in [0.2, 0.25) is 0 Å². The number of hydrogen-bond acceptors (Lipinski definition) is 5. The Labute approximate surface area is 194 Å². The number of carbonyl (C=O) groups excluding carboxylic acids is 1. The van der Waals surface area contributed by atoms with Crippen LogP contribution in [0.5, 0.6) is 5.75 Å². The van der Waals surface area contributed by atoms with E-state index in [4.69, 9.17) is 4.74 Å². The van der Waals surface area contributed by atoms with Gasteiger partial charge < -0.3 is 4.74 Å². The van der Waals surface area contributed by atoms with Crippen molar-refractivity contribution in [3.63, 3.8) is 0 Å². The molecule has 0 heterocycles. The highest BCUT2D eigenvalue weighted by Crippen LogP contribution is 2.23. The number of nitrogens with zero attached hydrogens (tertiary/aromatic N) is 2. The second-order valence-electron chi connectivity index (χ2n) is 7.13. The fourth-order valence-corrected chi connectivity index (χ4v) is 4.37. The molecule has 3 aromatic carbocycles. The average Bonchev–Trinajstić information content (AvgIpc) is 2.83. The van der Waals surface area contributed by atoms with Gasteiger partial charge in [-0.25, -0.2) is 13.8 Å². The third kappa shape index (κ3) is 6.54. The van der Waals surface area contributed by atoms with Crippen molar-refractivity contribution < 1.29 is 17.9 Å². The van der Waals surface area contributed by atoms with Gasteiger partial charge in [0.05, 0.1) is 16.8 Å². The predicted molar refractivity (Wildman–Crippen MR) is 130 cm³/mol. The molecule has 7 nitrogen and oxygen atoms in total. The van der Waals surface area contributed by atoms with Crippen LogP contribution in [-0.2, 0) is 14.8 Å². The minimum absolute atomic E-state index is 0.0956. The number of rotatable bonds is 10. The first-order valence-corrected chi connectivity index (χ1v) is 11.6. The van der Waals surface area contributed by atoms with Gasteiger partial charge in [0.25, 0.3) is 15.9 Å². The van der Waals surface area contributed by atoms with Gasteiger partial charge in [-0.15, -0.1) is 0 Å². The van der Waals surface area contributed by atoms with Crippen molar-refractivity contribution in [2.24, 2.45) is 5.10 Å². The Morgan fingerprint density at radius 3 is 2.48 bits per heavy atom. The van der Waals surface area contributed by atoms with Crippen LogP contribution in [0.1, 0.15) is 11.1 Å². The molecule has 0 saturated heterocycles. The average molecular weight is 464 g/mol. The number of ether oxygens (including phenoxy) is 1. The van der Waals surface area contributed by atoms with Crippen LogP contribution in [0.3, 0.4) is 0 Å². The Hall–Kier alpha value is -3.91. The molecule has 1 N–H and O–H groups in total. The van der Waals surface area contributed by atoms with E-state index in [0.717, 1.165) is 9.87 Å². The Morgan fingerprint density at radius 2 is 1.79 bits per heavy atom. The van der Waals surface area contributed by atoms with Crippen molar-refractivity contribution >= 4 is 27.8 Å². The first-order valence-electron chi connectivity index (χ1n) is 10.2. The maximum atomic E-state index is 13.3. The van der Waals surface area contributed by atoms with Crippen LogP contribution in [0.4, 0.5) is 5.69 Å². The molecule has 0 unspecified atom stereocenters. The summed E-state index contributed by atoms with van der Waals surface area (Å²) in [5.74, 6) is 0.0649. The van der Waals surface area contributed by atoms with E-state index in [9.17, 15) is 13.2 Å². The Morgan fingerprint density at radius 1 is 1.06 bits per heavy atom. The van der Waals surface area contributed by atoms with E-state index >= 15 is 0 Å². The highest BCUT2D eigenvalue weighted by Gasteiger charge is 2.26. The lowest BCUT2D eigenvalue weighted by Crippen LogP contribution is -2.39. The molecule has 0 aliphatic carbocycles. The van der Waals surface area contributed by atoms with E-state index in [2.05, 4.69) is 17.1 Å². The van der Waals surface area contributed by atoms with Crippen LogP contribution in [-0.4, -0.2) is 33.7 Å². The number of benzene rings is 3. The third-order valence-corrected chi connectivity index (χ3v) is 6.36. The fraction of sp³-hybridized carbons (Fsp3) is 0.120. The summed E-state index contributed by atoms with van der Waals surface area (Å²) in [5, 5.41) is 3.96. The zero-order valence-electron chi connectivity index (χ0n) is 18.2. The topological polar surface area (TPSA) is 88.1 Å². The lowest BCUT2D eigenvalue weighted by molar-refractivity contribution is -0.119. The van der Waals surface area contributed by atoms with E-state index in [-0.39, 0.29) is 4.90 Å². The smallest absolute Gasteiger partial charge is 0.264 e. The van der Waals surface area contributed by atoms with Gasteiger partial charge in [0.2, 0.25) is 0 Å². The highest BCUT2D eigenvalue weighted by molar-refractivity contribution is 7.92. The summed E-state index contributed by atoms with van der Waals surface area (Å²) in [4.78, 5) is 12.7. The minimum atomic E-state index is -3.96. The molecule has 0 atom stereocenters. The SMILES string of the molecule is C=CCOc1cccc(/C=N/NC(=O)CN(c2ccc(C)cc2)S(=O)(=O)c2ccccc2)c1. The van der Waals surface area contributed by atoms with Crippen molar-refractivity contribution in [2.75, 3.05) is 17.5 Å². The molecule has 3 rings (SSSR count). The summed E-state index contributed by atoms with van der Waals surface area (Å²) < 4.78 is 33.1. The van der Waals surface area contributed by atoms with Gasteiger partial charge in [0.1, 0.15) is 18.9 Å². The van der Waals surface area contributed by atoms with Gasteiger partial charge in [0, 0.05) is 0 Å². The second-order valence-corrected chi connectivity index (χ2v) is 8.99. The lowest BCUT2D eigenvalue weighted by Gasteiger charge is -2.23. The molecular weight excluding hydrogens is 438 g/mol. The normalized spacial score (nSPS) is 11.2. The number of sulfonamides is 1. The predicted octanol–water partition coefficient (Wildman–Crippen LogP) is 3.91. The molecule has 0 aromatic heterocycles. The van der Waals surface area contributed by atoms with E-state index in [0.29, 0.717) is 23.6 Å². The molecule has 0 bridgehead atoms. The summed E-state index contributed by atoms with van der Waals surface area (Å²) in [6.45, 7) is 5.46. The van der Waals surface area contributed by atoms with Gasteiger partial charge >= 0.3 is 0 Å². The van der Waals surface area contributed by atoms with Crippen LogP contribution in [0, 0.1) is 6.92 Å². The molecule has 170 valence electrons. The van der Waals surface area contributed by atoms with E-state index in [1.165, 1.54) is 18.3 Å². The summed E-state index contributed by atoms with van der Waals surface area (Å²) >= 11 is 0. The molecular formula is C25H25N3O4S.